The zero-order valence-electron chi connectivity index (χ0n) is 28.8. The van der Waals surface area contributed by atoms with Crippen LogP contribution in [0.1, 0.15) is 43.0 Å². The van der Waals surface area contributed by atoms with Crippen LogP contribution in [0.15, 0.2) is 121 Å². The minimum absolute atomic E-state index is 0.00359. The highest BCUT2D eigenvalue weighted by Crippen LogP contribution is 2.41. The number of hydrogen-bond donors (Lipinski definition) is 4. The molecule has 0 saturated carbocycles. The van der Waals surface area contributed by atoms with Gasteiger partial charge in [-0.1, -0.05) is 48.5 Å². The van der Waals surface area contributed by atoms with Crippen LogP contribution in [-0.4, -0.2) is 11.8 Å². The second kappa shape index (κ2) is 14.5. The fourth-order valence-corrected chi connectivity index (χ4v) is 6.19. The molecule has 54 heavy (non-hydrogen) atoms. The summed E-state index contributed by atoms with van der Waals surface area (Å²) in [4.78, 5) is 26.0. The lowest BCUT2D eigenvalue weighted by atomic mass is 9.94. The van der Waals surface area contributed by atoms with Gasteiger partial charge in [0.1, 0.15) is 0 Å². The van der Waals surface area contributed by atoms with Crippen molar-refractivity contribution in [3.63, 3.8) is 0 Å². The Hall–Kier alpha value is -6.56. The van der Waals surface area contributed by atoms with Crippen LogP contribution in [0.5, 0.6) is 0 Å². The Balaban J connectivity index is 1.12. The number of aryl methyl sites for hydroxylation is 2. The van der Waals surface area contributed by atoms with Crippen molar-refractivity contribution >= 4 is 34.6 Å². The van der Waals surface area contributed by atoms with E-state index < -0.39 is 35.3 Å². The summed E-state index contributed by atoms with van der Waals surface area (Å²) in [6.07, 6.45) is -9.29. The molecule has 2 amide bonds. The third-order valence-electron chi connectivity index (χ3n) is 8.87. The van der Waals surface area contributed by atoms with Gasteiger partial charge >= 0.3 is 12.4 Å². The third-order valence-corrected chi connectivity index (χ3v) is 8.87. The summed E-state index contributed by atoms with van der Waals surface area (Å²) in [5.41, 5.74) is 14.2. The van der Waals surface area contributed by atoms with Crippen LogP contribution in [-0.2, 0) is 12.4 Å². The number of rotatable bonds is 7. The van der Waals surface area contributed by atoms with Gasteiger partial charge in [-0.05, 0) is 131 Å². The molecule has 0 aliphatic rings. The van der Waals surface area contributed by atoms with Gasteiger partial charge in [0.15, 0.2) is 0 Å². The van der Waals surface area contributed by atoms with Gasteiger partial charge in [0.05, 0.1) is 11.1 Å². The predicted molar refractivity (Wildman–Crippen MR) is 200 cm³/mol. The van der Waals surface area contributed by atoms with Gasteiger partial charge in [0, 0.05) is 33.9 Å². The molecule has 6 aromatic carbocycles. The number of hydrogen-bond acceptors (Lipinski definition) is 4. The minimum Gasteiger partial charge on any atom is -0.399 e. The molecule has 0 saturated heterocycles. The predicted octanol–water partition coefficient (Wildman–Crippen LogP) is 11.0. The summed E-state index contributed by atoms with van der Waals surface area (Å²) < 4.78 is 83.4. The molecule has 0 aliphatic heterocycles. The molecular formula is C42H32F6N4O2. The molecule has 6 N–H and O–H groups in total. The Morgan fingerprint density at radius 1 is 0.463 bits per heavy atom. The number of nitrogens with one attached hydrogen (secondary N) is 2. The molecular weight excluding hydrogens is 706 g/mol. The van der Waals surface area contributed by atoms with Crippen molar-refractivity contribution < 1.29 is 35.9 Å². The van der Waals surface area contributed by atoms with Crippen molar-refractivity contribution in [1.82, 2.24) is 0 Å². The quantitative estimate of drug-likeness (QED) is 0.0965. The summed E-state index contributed by atoms with van der Waals surface area (Å²) >= 11 is 0. The smallest absolute Gasteiger partial charge is 0.399 e. The van der Waals surface area contributed by atoms with Crippen LogP contribution >= 0.6 is 0 Å². The molecule has 274 valence electrons. The average molecular weight is 739 g/mol. The Morgan fingerprint density at radius 3 is 1.28 bits per heavy atom. The fourth-order valence-electron chi connectivity index (χ4n) is 6.19. The molecule has 6 rings (SSSR count). The van der Waals surface area contributed by atoms with E-state index in [-0.39, 0.29) is 28.1 Å². The normalized spacial score (nSPS) is 11.6. The topological polar surface area (TPSA) is 110 Å². The van der Waals surface area contributed by atoms with Gasteiger partial charge in [-0.2, -0.15) is 26.3 Å². The third kappa shape index (κ3) is 8.07. The van der Waals surface area contributed by atoms with Gasteiger partial charge < -0.3 is 22.1 Å². The van der Waals surface area contributed by atoms with Gasteiger partial charge in [0.2, 0.25) is 0 Å². The van der Waals surface area contributed by atoms with E-state index in [2.05, 4.69) is 10.6 Å². The highest BCUT2D eigenvalue weighted by molar-refractivity contribution is 6.05. The molecule has 0 aromatic heterocycles. The van der Waals surface area contributed by atoms with Crippen molar-refractivity contribution in [3.05, 3.63) is 155 Å². The number of carbonyl (C=O) groups is 2. The number of anilines is 4. The monoisotopic (exact) mass is 738 g/mol. The first kappa shape index (κ1) is 37.2. The number of nitrogen functional groups attached to an aromatic ring is 2. The van der Waals surface area contributed by atoms with Crippen molar-refractivity contribution in [1.29, 1.82) is 0 Å². The lowest BCUT2D eigenvalue weighted by Crippen LogP contribution is -2.14. The summed E-state index contributed by atoms with van der Waals surface area (Å²) in [6, 6.07) is 29.6. The first-order valence-corrected chi connectivity index (χ1v) is 16.5. The van der Waals surface area contributed by atoms with Crippen molar-refractivity contribution in [3.8, 4) is 33.4 Å². The van der Waals surface area contributed by atoms with Gasteiger partial charge in [-0.3, -0.25) is 9.59 Å². The van der Waals surface area contributed by atoms with Crippen molar-refractivity contribution in [2.24, 2.45) is 0 Å². The number of nitrogens with two attached hydrogens (primary N) is 2. The Morgan fingerprint density at radius 2 is 0.833 bits per heavy atom. The molecule has 6 aromatic rings. The zero-order chi connectivity index (χ0) is 38.9. The summed E-state index contributed by atoms with van der Waals surface area (Å²) in [5.74, 6) is -1.04. The van der Waals surface area contributed by atoms with E-state index in [4.69, 9.17) is 11.5 Å². The van der Waals surface area contributed by atoms with E-state index in [0.29, 0.717) is 44.8 Å². The molecule has 6 nitrogen and oxygen atoms in total. The maximum atomic E-state index is 14.1. The van der Waals surface area contributed by atoms with E-state index in [0.717, 1.165) is 17.7 Å². The van der Waals surface area contributed by atoms with Crippen LogP contribution < -0.4 is 22.1 Å². The van der Waals surface area contributed by atoms with Crippen LogP contribution in [0.3, 0.4) is 0 Å². The Labute approximate surface area is 306 Å². The number of carbonyl (C=O) groups excluding carboxylic acids is 2. The number of amides is 2. The summed E-state index contributed by atoms with van der Waals surface area (Å²) in [7, 11) is 0. The fraction of sp³-hybridized carbons (Fsp3) is 0.0952. The van der Waals surface area contributed by atoms with Crippen LogP contribution in [0, 0.1) is 13.8 Å². The van der Waals surface area contributed by atoms with Crippen molar-refractivity contribution in [2.45, 2.75) is 26.2 Å². The largest absolute Gasteiger partial charge is 0.417 e. The molecule has 0 atom stereocenters. The second-order valence-electron chi connectivity index (χ2n) is 12.7. The number of halogens is 6. The molecule has 0 aliphatic carbocycles. The second-order valence-corrected chi connectivity index (χ2v) is 12.7. The van der Waals surface area contributed by atoms with E-state index in [1.807, 2.05) is 0 Å². The first-order valence-electron chi connectivity index (χ1n) is 16.5. The van der Waals surface area contributed by atoms with Crippen LogP contribution in [0.4, 0.5) is 49.1 Å². The van der Waals surface area contributed by atoms with Gasteiger partial charge in [-0.15, -0.1) is 0 Å². The SMILES string of the molecule is Cc1cc(NC(=O)c2ccc(-c3ccc(C(=O)Nc4ccc(-c5ccc(N)cc5C)c(C(F)(F)F)c4)cc3)cc2)ccc1-c1ccc(N)cc1C(F)(F)F. The van der Waals surface area contributed by atoms with E-state index in [1.165, 1.54) is 60.7 Å². The molecule has 0 spiro atoms. The zero-order valence-corrected chi connectivity index (χ0v) is 28.8. The van der Waals surface area contributed by atoms with Crippen molar-refractivity contribution in [2.75, 3.05) is 22.1 Å². The average Bonchev–Trinajstić information content (AvgIpc) is 3.11. The molecule has 0 radical (unpaired) electrons. The van der Waals surface area contributed by atoms with Crippen LogP contribution in [0.25, 0.3) is 33.4 Å². The lowest BCUT2D eigenvalue weighted by molar-refractivity contribution is -0.137. The lowest BCUT2D eigenvalue weighted by Gasteiger charge is -2.17. The van der Waals surface area contributed by atoms with Gasteiger partial charge in [-0.25, -0.2) is 0 Å². The van der Waals surface area contributed by atoms with E-state index in [9.17, 15) is 35.9 Å². The maximum absolute atomic E-state index is 14.1. The van der Waals surface area contributed by atoms with Crippen LogP contribution in [0.2, 0.25) is 0 Å². The summed E-state index contributed by atoms with van der Waals surface area (Å²) in [6.45, 7) is 3.32. The molecule has 0 fully saturated rings. The van der Waals surface area contributed by atoms with Gasteiger partial charge in [0.25, 0.3) is 11.8 Å². The number of benzene rings is 6. The molecule has 0 bridgehead atoms. The summed E-state index contributed by atoms with van der Waals surface area (Å²) in [5, 5.41) is 5.31. The minimum atomic E-state index is -4.68. The Kier molecular flexibility index (Phi) is 9.96. The standard InChI is InChI=1S/C42H32F6N4O2/c1-23-19-29(49)11-15-33(23)36-18-14-32(22-38(36)42(46,47)48)52-40(54)28-9-5-26(6-10-28)25-3-7-27(8-4-25)39(53)51-31-13-17-34(24(2)20-31)35-16-12-30(50)21-37(35)41(43,44)45/h3-22H,49-50H2,1-2H3,(H,51,53)(H,52,54). The molecule has 12 heteroatoms. The van der Waals surface area contributed by atoms with E-state index in [1.54, 1.807) is 62.4 Å². The molecule has 0 unspecified atom stereocenters. The first-order chi connectivity index (χ1) is 25.5. The van der Waals surface area contributed by atoms with E-state index >= 15 is 0 Å². The number of alkyl halides is 6. The maximum Gasteiger partial charge on any atom is 0.417 e. The highest BCUT2D eigenvalue weighted by atomic mass is 19.4. The molecule has 0 heterocycles. The Bertz CT molecular complexity index is 2390. The highest BCUT2D eigenvalue weighted by Gasteiger charge is 2.35.